The molecule has 6 nitrogen and oxygen atoms in total. The van der Waals surface area contributed by atoms with Crippen LogP contribution in [0.25, 0.3) is 0 Å². The van der Waals surface area contributed by atoms with Crippen LogP contribution in [0.5, 0.6) is 0 Å². The molecule has 0 saturated heterocycles. The number of hydrogen-bond donors (Lipinski definition) is 1. The van der Waals surface area contributed by atoms with Gasteiger partial charge in [0, 0.05) is 4.47 Å². The average Bonchev–Trinajstić information content (AvgIpc) is 2.86. The summed E-state index contributed by atoms with van der Waals surface area (Å²) < 4.78 is 33.8. The summed E-state index contributed by atoms with van der Waals surface area (Å²) in [4.78, 5) is 12.8. The van der Waals surface area contributed by atoms with Crippen LogP contribution in [-0.2, 0) is 33.9 Å². The van der Waals surface area contributed by atoms with Crippen molar-refractivity contribution in [3.05, 3.63) is 81.8 Å². The van der Waals surface area contributed by atoms with Gasteiger partial charge in [0.2, 0.25) is 17.4 Å². The van der Waals surface area contributed by atoms with Gasteiger partial charge in [0.25, 0.3) is 0 Å². The number of halogens is 1. The first-order chi connectivity index (χ1) is 13.0. The quantitative estimate of drug-likeness (QED) is 0.536. The highest BCUT2D eigenvalue weighted by Crippen LogP contribution is 2.38. The Labute approximate surface area is 175 Å². The van der Waals surface area contributed by atoms with Gasteiger partial charge in [-0.1, -0.05) is 58.4 Å². The zero-order valence-electron chi connectivity index (χ0n) is 14.3. The number of carbonyl (C=O) groups is 1. The summed E-state index contributed by atoms with van der Waals surface area (Å²) in [6, 6.07) is 13.9. The summed E-state index contributed by atoms with van der Waals surface area (Å²) in [7, 11) is 12.9. The van der Waals surface area contributed by atoms with Gasteiger partial charge in [-0.3, -0.25) is 4.79 Å². The van der Waals surface area contributed by atoms with Crippen molar-refractivity contribution in [2.75, 3.05) is 0 Å². The highest BCUT2D eigenvalue weighted by atomic mass is 79.9. The van der Waals surface area contributed by atoms with Crippen LogP contribution in [0.15, 0.2) is 70.7 Å². The highest BCUT2D eigenvalue weighted by Gasteiger charge is 2.50. The minimum absolute atomic E-state index is 0.0486. The molecular weight excluding hydrogens is 443 g/mol. The van der Waals surface area contributed by atoms with E-state index in [1.165, 1.54) is 24.3 Å². The van der Waals surface area contributed by atoms with E-state index in [1.807, 2.05) is 0 Å². The molecule has 0 aliphatic carbocycles. The van der Waals surface area contributed by atoms with Crippen LogP contribution in [0, 0.1) is 0 Å². The van der Waals surface area contributed by atoms with Crippen molar-refractivity contribution >= 4 is 55.4 Å². The van der Waals surface area contributed by atoms with Crippen LogP contribution in [0.4, 0.5) is 0 Å². The van der Waals surface area contributed by atoms with E-state index >= 15 is 0 Å². The SMILES string of the molecule is [B]C([B])(c1ccccc1)S(=O)(=O)OC1=C(N)O[C@]([B])(c2ccc(Br)cc2)C1=O. The van der Waals surface area contributed by atoms with Crippen molar-refractivity contribution in [2.45, 2.75) is 10.0 Å². The Bertz CT molecular complexity index is 1060. The maximum absolute atomic E-state index is 12.8. The molecule has 0 spiro atoms. The lowest BCUT2D eigenvalue weighted by atomic mass is 9.65. The third-order valence-electron chi connectivity index (χ3n) is 4.14. The lowest BCUT2D eigenvalue weighted by Crippen LogP contribution is -2.40. The number of ketones is 1. The van der Waals surface area contributed by atoms with Gasteiger partial charge in [0.1, 0.15) is 7.85 Å². The molecule has 1 aliphatic heterocycles. The number of benzene rings is 2. The molecule has 0 unspecified atom stereocenters. The van der Waals surface area contributed by atoms with E-state index in [2.05, 4.69) is 15.9 Å². The second-order valence-electron chi connectivity index (χ2n) is 6.06. The monoisotopic (exact) mass is 453 g/mol. The summed E-state index contributed by atoms with van der Waals surface area (Å²) in [6.45, 7) is 0. The normalized spacial score (nSPS) is 20.1. The fraction of sp³-hybridized carbons (Fsp3) is 0.118. The van der Waals surface area contributed by atoms with Crippen molar-refractivity contribution < 1.29 is 22.1 Å². The van der Waals surface area contributed by atoms with E-state index < -0.39 is 37.6 Å². The molecule has 1 atom stereocenters. The predicted molar refractivity (Wildman–Crippen MR) is 109 cm³/mol. The van der Waals surface area contributed by atoms with E-state index in [4.69, 9.17) is 38.2 Å². The number of carbonyl (C=O) groups excluding carboxylic acids is 1. The Morgan fingerprint density at radius 3 is 2.21 bits per heavy atom. The molecule has 0 bridgehead atoms. The molecule has 0 saturated carbocycles. The van der Waals surface area contributed by atoms with Gasteiger partial charge in [-0.05, 0) is 23.3 Å². The molecule has 0 aromatic heterocycles. The van der Waals surface area contributed by atoms with Gasteiger partial charge < -0.3 is 14.7 Å². The van der Waals surface area contributed by atoms with Gasteiger partial charge in [0.05, 0.1) is 20.2 Å². The van der Waals surface area contributed by atoms with E-state index in [1.54, 1.807) is 30.3 Å². The Hall–Kier alpha value is -2.13. The topological polar surface area (TPSA) is 95.7 Å². The number of ether oxygens (including phenoxy) is 1. The van der Waals surface area contributed by atoms with Crippen molar-refractivity contribution in [2.24, 2.45) is 5.73 Å². The number of nitrogens with two attached hydrogens (primary N) is 1. The van der Waals surface area contributed by atoms with E-state index in [-0.39, 0.29) is 11.1 Å². The largest absolute Gasteiger partial charge is 0.467 e. The molecule has 0 amide bonds. The molecule has 1 aliphatic rings. The molecule has 1 heterocycles. The zero-order valence-corrected chi connectivity index (χ0v) is 16.7. The summed E-state index contributed by atoms with van der Waals surface area (Å²) >= 11 is 3.26. The standard InChI is InChI=1S/C17H11B3BrNO5S/c18-16(10-6-8-12(21)9-7-10)14(23)13(15(22)26-16)27-28(24,25)17(19,20)11-4-2-1-3-5-11/h1-9H,22H2/t16-/m1/s1. The Balaban J connectivity index is 1.93. The molecule has 2 aromatic rings. The summed E-state index contributed by atoms with van der Waals surface area (Å²) in [5.74, 6) is -2.37. The van der Waals surface area contributed by atoms with E-state index in [0.717, 1.165) is 4.47 Å². The minimum atomic E-state index is -4.75. The second kappa shape index (κ2) is 7.04. The van der Waals surface area contributed by atoms with Gasteiger partial charge >= 0.3 is 10.1 Å². The molecule has 2 N–H and O–H groups in total. The number of hydrogen-bond acceptors (Lipinski definition) is 6. The van der Waals surface area contributed by atoms with Crippen LogP contribution in [0.3, 0.4) is 0 Å². The first kappa shape index (κ1) is 20.6. The molecule has 136 valence electrons. The summed E-state index contributed by atoms with van der Waals surface area (Å²) in [5, 5.41) is 0. The molecule has 0 fully saturated rings. The van der Waals surface area contributed by atoms with Gasteiger partial charge in [-0.2, -0.15) is 8.42 Å². The summed E-state index contributed by atoms with van der Waals surface area (Å²) in [6.07, 6.45) is 0. The number of Topliss-reactive ketones (excluding diaryl/α,β-unsaturated/α-hetero) is 1. The Morgan fingerprint density at radius 1 is 1.07 bits per heavy atom. The molecule has 2 aromatic carbocycles. The molecule has 11 heteroatoms. The van der Waals surface area contributed by atoms with Crippen LogP contribution in [0.2, 0.25) is 0 Å². The maximum Gasteiger partial charge on any atom is 0.302 e. The molecule has 6 radical (unpaired) electrons. The third-order valence-corrected chi connectivity index (χ3v) is 6.12. The average molecular weight is 454 g/mol. The predicted octanol–water partition coefficient (Wildman–Crippen LogP) is 0.991. The maximum atomic E-state index is 12.8. The van der Waals surface area contributed by atoms with Crippen molar-refractivity contribution in [1.82, 2.24) is 0 Å². The molecule has 28 heavy (non-hydrogen) atoms. The fourth-order valence-electron chi connectivity index (χ4n) is 2.53. The highest BCUT2D eigenvalue weighted by molar-refractivity contribution is 9.10. The fourth-order valence-corrected chi connectivity index (χ4v) is 3.74. The van der Waals surface area contributed by atoms with Crippen molar-refractivity contribution in [3.8, 4) is 0 Å². The summed E-state index contributed by atoms with van der Waals surface area (Å²) in [5.41, 5.74) is 3.92. The van der Waals surface area contributed by atoms with Gasteiger partial charge in [-0.25, -0.2) is 0 Å². The minimum Gasteiger partial charge on any atom is -0.467 e. The first-order valence-corrected chi connectivity index (χ1v) is 10.0. The van der Waals surface area contributed by atoms with E-state index in [9.17, 15) is 13.2 Å². The van der Waals surface area contributed by atoms with E-state index in [0.29, 0.717) is 0 Å². The van der Waals surface area contributed by atoms with Crippen molar-refractivity contribution in [1.29, 1.82) is 0 Å². The first-order valence-electron chi connectivity index (χ1n) is 7.85. The van der Waals surface area contributed by atoms with Gasteiger partial charge in [-0.15, -0.1) is 0 Å². The Kier molecular flexibility index (Phi) is 5.18. The molecular formula is C17H11B3BrNO5S. The lowest BCUT2D eigenvalue weighted by molar-refractivity contribution is -0.126. The van der Waals surface area contributed by atoms with Gasteiger partial charge in [0.15, 0.2) is 5.50 Å². The van der Waals surface area contributed by atoms with Crippen molar-refractivity contribution in [3.63, 3.8) is 0 Å². The second-order valence-corrected chi connectivity index (χ2v) is 8.73. The smallest absolute Gasteiger partial charge is 0.302 e. The van der Waals surface area contributed by atoms with Crippen LogP contribution >= 0.6 is 15.9 Å². The molecule has 3 rings (SSSR count). The van der Waals surface area contributed by atoms with Crippen LogP contribution < -0.4 is 5.73 Å². The zero-order chi connectivity index (χ0) is 20.7. The van der Waals surface area contributed by atoms with Crippen LogP contribution in [-0.4, -0.2) is 37.7 Å². The number of rotatable bonds is 5. The lowest BCUT2D eigenvalue weighted by Gasteiger charge is -2.26. The van der Waals surface area contributed by atoms with Crippen LogP contribution in [0.1, 0.15) is 11.1 Å². The Morgan fingerprint density at radius 2 is 1.64 bits per heavy atom. The third kappa shape index (κ3) is 3.37.